The SMILES string of the molecule is O=C(NCc1ncccc1Cl)c1csc(C2CN(CCc3nc4ccccc4[nH]3)C2)n1. The normalized spacial score (nSPS) is 14.6. The number of hydrogen-bond acceptors (Lipinski definition) is 6. The maximum Gasteiger partial charge on any atom is 0.271 e. The van der Waals surface area contributed by atoms with Crippen LogP contribution in [0.25, 0.3) is 11.0 Å². The molecule has 4 heterocycles. The van der Waals surface area contributed by atoms with Crippen LogP contribution in [-0.2, 0) is 13.0 Å². The summed E-state index contributed by atoms with van der Waals surface area (Å²) >= 11 is 7.63. The summed E-state index contributed by atoms with van der Waals surface area (Å²) in [6, 6.07) is 11.6. The molecule has 0 aliphatic carbocycles. The molecule has 0 radical (unpaired) electrons. The van der Waals surface area contributed by atoms with Gasteiger partial charge in [0.15, 0.2) is 0 Å². The first-order valence-corrected chi connectivity index (χ1v) is 11.4. The molecule has 1 aliphatic heterocycles. The molecule has 1 aliphatic rings. The van der Waals surface area contributed by atoms with Crippen molar-refractivity contribution in [3.8, 4) is 0 Å². The van der Waals surface area contributed by atoms with E-state index < -0.39 is 0 Å². The van der Waals surface area contributed by atoms with Crippen LogP contribution < -0.4 is 5.32 Å². The van der Waals surface area contributed by atoms with Crippen molar-refractivity contribution in [2.45, 2.75) is 18.9 Å². The van der Waals surface area contributed by atoms with Gasteiger partial charge in [-0.3, -0.25) is 9.78 Å². The number of carbonyl (C=O) groups excluding carboxylic acids is 1. The first kappa shape index (κ1) is 20.1. The molecule has 158 valence electrons. The lowest BCUT2D eigenvalue weighted by atomic mass is 10.0. The van der Waals surface area contributed by atoms with Gasteiger partial charge in [0.1, 0.15) is 11.5 Å². The number of benzene rings is 1. The molecule has 9 heteroatoms. The van der Waals surface area contributed by atoms with Crippen molar-refractivity contribution in [2.75, 3.05) is 19.6 Å². The summed E-state index contributed by atoms with van der Waals surface area (Å²) in [4.78, 5) is 31.6. The maximum atomic E-state index is 12.4. The molecule has 0 spiro atoms. The molecule has 0 bridgehead atoms. The summed E-state index contributed by atoms with van der Waals surface area (Å²) in [5.74, 6) is 1.20. The van der Waals surface area contributed by atoms with Gasteiger partial charge in [-0.15, -0.1) is 11.3 Å². The van der Waals surface area contributed by atoms with Crippen LogP contribution in [-0.4, -0.2) is 50.4 Å². The number of nitrogens with one attached hydrogen (secondary N) is 2. The Morgan fingerprint density at radius 2 is 2.10 bits per heavy atom. The monoisotopic (exact) mass is 452 g/mol. The lowest BCUT2D eigenvalue weighted by Gasteiger charge is -2.37. The van der Waals surface area contributed by atoms with E-state index in [0.717, 1.165) is 47.9 Å². The Labute approximate surface area is 188 Å². The fourth-order valence-electron chi connectivity index (χ4n) is 3.68. The third-order valence-corrected chi connectivity index (χ3v) is 6.77. The maximum absolute atomic E-state index is 12.4. The lowest BCUT2D eigenvalue weighted by Crippen LogP contribution is -2.45. The van der Waals surface area contributed by atoms with Crippen LogP contribution in [0.2, 0.25) is 5.02 Å². The molecule has 31 heavy (non-hydrogen) atoms. The van der Waals surface area contributed by atoms with E-state index in [1.165, 1.54) is 0 Å². The zero-order chi connectivity index (χ0) is 21.2. The smallest absolute Gasteiger partial charge is 0.271 e. The lowest BCUT2D eigenvalue weighted by molar-refractivity contribution is 0.0945. The van der Waals surface area contributed by atoms with E-state index in [9.17, 15) is 4.79 Å². The van der Waals surface area contributed by atoms with Crippen LogP contribution in [0, 0.1) is 0 Å². The Hall–Kier alpha value is -2.81. The number of imidazole rings is 1. The minimum Gasteiger partial charge on any atom is -0.345 e. The van der Waals surface area contributed by atoms with Crippen LogP contribution in [0.3, 0.4) is 0 Å². The molecular formula is C22H21ClN6OS. The fraction of sp³-hybridized carbons (Fsp3) is 0.273. The van der Waals surface area contributed by atoms with E-state index in [1.54, 1.807) is 29.7 Å². The van der Waals surface area contributed by atoms with Crippen LogP contribution in [0.5, 0.6) is 0 Å². The average molecular weight is 453 g/mol. The first-order valence-electron chi connectivity index (χ1n) is 10.1. The van der Waals surface area contributed by atoms with Crippen molar-refractivity contribution in [1.82, 2.24) is 30.2 Å². The van der Waals surface area contributed by atoms with Crippen molar-refractivity contribution in [3.63, 3.8) is 0 Å². The van der Waals surface area contributed by atoms with E-state index in [1.807, 2.05) is 29.6 Å². The third-order valence-electron chi connectivity index (χ3n) is 5.42. The Kier molecular flexibility index (Phi) is 5.67. The zero-order valence-electron chi connectivity index (χ0n) is 16.7. The molecule has 2 N–H and O–H groups in total. The highest BCUT2D eigenvalue weighted by molar-refractivity contribution is 7.10. The first-order chi connectivity index (χ1) is 15.2. The standard InChI is InChI=1S/C22H21ClN6OS/c23-15-4-3-8-24-18(15)10-25-21(30)19-13-31-22(28-19)14-11-29(12-14)9-7-20-26-16-5-1-2-6-17(16)27-20/h1-6,8,13-14H,7,9-12H2,(H,25,30)(H,26,27). The van der Waals surface area contributed by atoms with Gasteiger partial charge in [0.05, 0.1) is 33.3 Å². The molecule has 0 saturated carbocycles. The number of carbonyl (C=O) groups is 1. The molecule has 1 fully saturated rings. The van der Waals surface area contributed by atoms with E-state index in [4.69, 9.17) is 11.6 Å². The fourth-order valence-corrected chi connectivity index (χ4v) is 4.75. The predicted octanol–water partition coefficient (Wildman–Crippen LogP) is 3.64. The second-order valence-corrected chi connectivity index (χ2v) is 8.89. The largest absolute Gasteiger partial charge is 0.345 e. The number of hydrogen-bond donors (Lipinski definition) is 2. The van der Waals surface area contributed by atoms with Gasteiger partial charge in [0.2, 0.25) is 0 Å². The second kappa shape index (κ2) is 8.74. The van der Waals surface area contributed by atoms with Crippen LogP contribution in [0.1, 0.15) is 32.9 Å². The van der Waals surface area contributed by atoms with Gasteiger partial charge in [-0.2, -0.15) is 0 Å². The second-order valence-electron chi connectivity index (χ2n) is 7.59. The molecule has 4 aromatic rings. The van der Waals surface area contributed by atoms with E-state index in [-0.39, 0.29) is 12.5 Å². The summed E-state index contributed by atoms with van der Waals surface area (Å²) in [6.45, 7) is 3.15. The van der Waals surface area contributed by atoms with Gasteiger partial charge in [-0.05, 0) is 24.3 Å². The van der Waals surface area contributed by atoms with E-state index in [0.29, 0.717) is 22.3 Å². The highest BCUT2D eigenvalue weighted by atomic mass is 35.5. The summed E-state index contributed by atoms with van der Waals surface area (Å²) in [5, 5.41) is 6.22. The number of likely N-dealkylation sites (tertiary alicyclic amines) is 1. The Balaban J connectivity index is 1.10. The van der Waals surface area contributed by atoms with Gasteiger partial charge < -0.3 is 15.2 Å². The summed E-state index contributed by atoms with van der Waals surface area (Å²) in [7, 11) is 0. The minimum atomic E-state index is -0.203. The van der Waals surface area contributed by atoms with Crippen molar-refractivity contribution in [1.29, 1.82) is 0 Å². The molecule has 0 unspecified atom stereocenters. The molecule has 3 aromatic heterocycles. The summed E-state index contributed by atoms with van der Waals surface area (Å²) in [5.41, 5.74) is 3.19. The number of nitrogens with zero attached hydrogens (tertiary/aromatic N) is 4. The van der Waals surface area contributed by atoms with Crippen LogP contribution in [0.15, 0.2) is 48.0 Å². The summed E-state index contributed by atoms with van der Waals surface area (Å²) in [6.07, 6.45) is 2.55. The van der Waals surface area contributed by atoms with Gasteiger partial charge in [-0.25, -0.2) is 9.97 Å². The Morgan fingerprint density at radius 3 is 2.94 bits per heavy atom. The van der Waals surface area contributed by atoms with Gasteiger partial charge in [-0.1, -0.05) is 23.7 Å². The number of amides is 1. The molecular weight excluding hydrogens is 432 g/mol. The molecule has 1 saturated heterocycles. The molecule has 7 nitrogen and oxygen atoms in total. The van der Waals surface area contributed by atoms with Crippen molar-refractivity contribution >= 4 is 39.9 Å². The van der Waals surface area contributed by atoms with E-state index in [2.05, 4.69) is 30.2 Å². The van der Waals surface area contributed by atoms with Crippen molar-refractivity contribution in [2.24, 2.45) is 0 Å². The number of para-hydroxylation sites is 2. The number of H-pyrrole nitrogens is 1. The molecule has 0 atom stereocenters. The van der Waals surface area contributed by atoms with Gasteiger partial charge in [0.25, 0.3) is 5.91 Å². The highest BCUT2D eigenvalue weighted by Gasteiger charge is 2.30. The zero-order valence-corrected chi connectivity index (χ0v) is 18.3. The summed E-state index contributed by atoms with van der Waals surface area (Å²) < 4.78 is 0. The number of pyridine rings is 1. The van der Waals surface area contributed by atoms with Crippen LogP contribution in [0.4, 0.5) is 0 Å². The van der Waals surface area contributed by atoms with Gasteiger partial charge in [0, 0.05) is 43.5 Å². The number of aromatic amines is 1. The molecule has 1 aromatic carbocycles. The number of fused-ring (bicyclic) bond motifs is 1. The Morgan fingerprint density at radius 1 is 1.23 bits per heavy atom. The topological polar surface area (TPSA) is 86.8 Å². The molecule has 1 amide bonds. The Bertz CT molecular complexity index is 1180. The van der Waals surface area contributed by atoms with Crippen molar-refractivity contribution < 1.29 is 4.79 Å². The number of aromatic nitrogens is 4. The van der Waals surface area contributed by atoms with Crippen molar-refractivity contribution in [3.05, 3.63) is 75.2 Å². The number of rotatable bonds is 7. The predicted molar refractivity (Wildman–Crippen MR) is 122 cm³/mol. The molecule has 5 rings (SSSR count). The third kappa shape index (κ3) is 4.46. The minimum absolute atomic E-state index is 0.203. The highest BCUT2D eigenvalue weighted by Crippen LogP contribution is 2.29. The van der Waals surface area contributed by atoms with Gasteiger partial charge >= 0.3 is 0 Å². The number of thiazole rings is 1. The average Bonchev–Trinajstić information content (AvgIpc) is 3.39. The number of halogens is 1. The van der Waals surface area contributed by atoms with E-state index >= 15 is 0 Å². The van der Waals surface area contributed by atoms with Crippen LogP contribution >= 0.6 is 22.9 Å². The quantitative estimate of drug-likeness (QED) is 0.447.